The van der Waals surface area contributed by atoms with Crippen molar-refractivity contribution >= 4 is 5.91 Å². The van der Waals surface area contributed by atoms with Crippen LogP contribution in [0.1, 0.15) is 42.3 Å². The van der Waals surface area contributed by atoms with E-state index >= 15 is 0 Å². The number of aliphatic hydroxyl groups is 1. The summed E-state index contributed by atoms with van der Waals surface area (Å²) < 4.78 is 5.39. The predicted molar refractivity (Wildman–Crippen MR) is 87.9 cm³/mol. The molecule has 0 bridgehead atoms. The molecule has 1 saturated carbocycles. The first kappa shape index (κ1) is 15.8. The lowest BCUT2D eigenvalue weighted by atomic mass is 10.1. The average molecular weight is 313 g/mol. The SMILES string of the molecule is CCN(CC(O)c1ccc(C)cc1)C(=O)C1CC1c1ccco1. The molecule has 1 amide bonds. The smallest absolute Gasteiger partial charge is 0.226 e. The number of rotatable bonds is 6. The Morgan fingerprint density at radius 1 is 1.35 bits per heavy atom. The highest BCUT2D eigenvalue weighted by atomic mass is 16.3. The van der Waals surface area contributed by atoms with Crippen LogP contribution >= 0.6 is 0 Å². The fourth-order valence-corrected chi connectivity index (χ4v) is 3.00. The number of aryl methyl sites for hydroxylation is 1. The van der Waals surface area contributed by atoms with Crippen LogP contribution in [0.2, 0.25) is 0 Å². The summed E-state index contributed by atoms with van der Waals surface area (Å²) >= 11 is 0. The van der Waals surface area contributed by atoms with Crippen LogP contribution in [-0.2, 0) is 4.79 Å². The molecule has 23 heavy (non-hydrogen) atoms. The average Bonchev–Trinajstić information content (AvgIpc) is 3.17. The maximum absolute atomic E-state index is 12.6. The van der Waals surface area contributed by atoms with Crippen molar-refractivity contribution < 1.29 is 14.3 Å². The molecule has 1 aliphatic rings. The lowest BCUT2D eigenvalue weighted by Crippen LogP contribution is -2.36. The van der Waals surface area contributed by atoms with E-state index in [0.717, 1.165) is 23.3 Å². The van der Waals surface area contributed by atoms with E-state index in [-0.39, 0.29) is 17.7 Å². The zero-order chi connectivity index (χ0) is 16.4. The number of hydrogen-bond acceptors (Lipinski definition) is 3. The molecule has 3 unspecified atom stereocenters. The Hall–Kier alpha value is -2.07. The van der Waals surface area contributed by atoms with E-state index in [4.69, 9.17) is 4.42 Å². The van der Waals surface area contributed by atoms with Gasteiger partial charge in [-0.05, 0) is 38.0 Å². The molecule has 2 aromatic rings. The van der Waals surface area contributed by atoms with Crippen molar-refractivity contribution in [3.05, 3.63) is 59.5 Å². The number of carbonyl (C=O) groups excluding carboxylic acids is 1. The first-order valence-electron chi connectivity index (χ1n) is 8.17. The van der Waals surface area contributed by atoms with Gasteiger partial charge in [0.25, 0.3) is 0 Å². The summed E-state index contributed by atoms with van der Waals surface area (Å²) in [5.41, 5.74) is 2.00. The zero-order valence-corrected chi connectivity index (χ0v) is 13.6. The number of benzene rings is 1. The minimum atomic E-state index is -0.652. The van der Waals surface area contributed by atoms with Gasteiger partial charge in [0.05, 0.1) is 18.9 Å². The number of aliphatic hydroxyl groups excluding tert-OH is 1. The molecule has 4 nitrogen and oxygen atoms in total. The highest BCUT2D eigenvalue weighted by molar-refractivity contribution is 5.82. The Kier molecular flexibility index (Phi) is 4.53. The van der Waals surface area contributed by atoms with Crippen LogP contribution in [0.5, 0.6) is 0 Å². The molecule has 1 aromatic heterocycles. The van der Waals surface area contributed by atoms with E-state index in [0.29, 0.717) is 13.1 Å². The number of nitrogens with zero attached hydrogens (tertiary/aromatic N) is 1. The summed E-state index contributed by atoms with van der Waals surface area (Å²) in [6, 6.07) is 11.6. The van der Waals surface area contributed by atoms with Crippen LogP contribution in [0.15, 0.2) is 47.1 Å². The van der Waals surface area contributed by atoms with Gasteiger partial charge in [-0.2, -0.15) is 0 Å². The van der Waals surface area contributed by atoms with Gasteiger partial charge in [-0.25, -0.2) is 0 Å². The molecule has 1 fully saturated rings. The van der Waals surface area contributed by atoms with E-state index in [1.165, 1.54) is 0 Å². The molecular weight excluding hydrogens is 290 g/mol. The number of furan rings is 1. The van der Waals surface area contributed by atoms with E-state index in [1.54, 1.807) is 11.2 Å². The van der Waals surface area contributed by atoms with Gasteiger partial charge in [-0.1, -0.05) is 29.8 Å². The van der Waals surface area contributed by atoms with Gasteiger partial charge in [0, 0.05) is 18.4 Å². The fourth-order valence-electron chi connectivity index (χ4n) is 3.00. The van der Waals surface area contributed by atoms with Gasteiger partial charge in [0.1, 0.15) is 5.76 Å². The van der Waals surface area contributed by atoms with Crippen molar-refractivity contribution in [2.75, 3.05) is 13.1 Å². The fraction of sp³-hybridized carbons (Fsp3) is 0.421. The molecule has 0 radical (unpaired) electrons. The largest absolute Gasteiger partial charge is 0.469 e. The van der Waals surface area contributed by atoms with Gasteiger partial charge in [-0.3, -0.25) is 4.79 Å². The number of amides is 1. The standard InChI is InChI=1S/C19H23NO3/c1-3-20(12-17(21)14-8-6-13(2)7-9-14)19(22)16-11-15(16)18-5-4-10-23-18/h4-10,15-17,21H,3,11-12H2,1-2H3. The van der Waals surface area contributed by atoms with Gasteiger partial charge in [0.2, 0.25) is 5.91 Å². The molecular formula is C19H23NO3. The van der Waals surface area contributed by atoms with Crippen molar-refractivity contribution in [3.63, 3.8) is 0 Å². The second-order valence-electron chi connectivity index (χ2n) is 6.27. The van der Waals surface area contributed by atoms with E-state index < -0.39 is 6.10 Å². The molecule has 0 spiro atoms. The molecule has 1 heterocycles. The summed E-state index contributed by atoms with van der Waals surface area (Å²) in [6.07, 6.45) is 1.83. The number of carbonyl (C=O) groups is 1. The van der Waals surface area contributed by atoms with Crippen LogP contribution in [0.4, 0.5) is 0 Å². The first-order chi connectivity index (χ1) is 11.1. The van der Waals surface area contributed by atoms with Crippen LogP contribution in [0, 0.1) is 12.8 Å². The third kappa shape index (κ3) is 3.48. The third-order valence-electron chi connectivity index (χ3n) is 4.57. The Labute approximate surface area is 136 Å². The lowest BCUT2D eigenvalue weighted by molar-refractivity contribution is -0.134. The second kappa shape index (κ2) is 6.59. The van der Waals surface area contributed by atoms with E-state index in [9.17, 15) is 9.90 Å². The monoisotopic (exact) mass is 313 g/mol. The summed E-state index contributed by atoms with van der Waals surface area (Å²) in [6.45, 7) is 4.90. The maximum Gasteiger partial charge on any atom is 0.226 e. The van der Waals surface area contributed by atoms with Crippen molar-refractivity contribution in [3.8, 4) is 0 Å². The van der Waals surface area contributed by atoms with Gasteiger partial charge < -0.3 is 14.4 Å². The quantitative estimate of drug-likeness (QED) is 0.890. The van der Waals surface area contributed by atoms with Crippen molar-refractivity contribution in [1.82, 2.24) is 4.90 Å². The zero-order valence-electron chi connectivity index (χ0n) is 13.6. The van der Waals surface area contributed by atoms with Gasteiger partial charge >= 0.3 is 0 Å². The Bertz CT molecular complexity index is 648. The molecule has 1 aromatic carbocycles. The third-order valence-corrected chi connectivity index (χ3v) is 4.57. The number of hydrogen-bond donors (Lipinski definition) is 1. The second-order valence-corrected chi connectivity index (χ2v) is 6.27. The normalized spacial score (nSPS) is 21.0. The Balaban J connectivity index is 1.61. The Morgan fingerprint density at radius 3 is 2.70 bits per heavy atom. The molecule has 1 N–H and O–H groups in total. The first-order valence-corrected chi connectivity index (χ1v) is 8.17. The Morgan fingerprint density at radius 2 is 2.09 bits per heavy atom. The highest BCUT2D eigenvalue weighted by Crippen LogP contribution is 2.48. The summed E-state index contributed by atoms with van der Waals surface area (Å²) in [4.78, 5) is 14.4. The van der Waals surface area contributed by atoms with E-state index in [2.05, 4.69) is 0 Å². The van der Waals surface area contributed by atoms with Crippen molar-refractivity contribution in [2.45, 2.75) is 32.3 Å². The minimum absolute atomic E-state index is 0.00804. The number of likely N-dealkylation sites (N-methyl/N-ethyl adjacent to an activating group) is 1. The topological polar surface area (TPSA) is 53.7 Å². The summed E-state index contributed by atoms with van der Waals surface area (Å²) in [5.74, 6) is 1.19. The predicted octanol–water partition coefficient (Wildman–Crippen LogP) is 3.27. The minimum Gasteiger partial charge on any atom is -0.469 e. The molecule has 0 aliphatic heterocycles. The van der Waals surface area contributed by atoms with Crippen LogP contribution in [0.3, 0.4) is 0 Å². The maximum atomic E-state index is 12.6. The van der Waals surface area contributed by atoms with Gasteiger partial charge in [0.15, 0.2) is 0 Å². The van der Waals surface area contributed by atoms with Gasteiger partial charge in [-0.15, -0.1) is 0 Å². The molecule has 1 aliphatic carbocycles. The summed E-state index contributed by atoms with van der Waals surface area (Å²) in [5, 5.41) is 10.4. The van der Waals surface area contributed by atoms with Crippen molar-refractivity contribution in [2.24, 2.45) is 5.92 Å². The lowest BCUT2D eigenvalue weighted by Gasteiger charge is -2.24. The van der Waals surface area contributed by atoms with E-state index in [1.807, 2.05) is 50.2 Å². The van der Waals surface area contributed by atoms with Crippen LogP contribution in [-0.4, -0.2) is 29.0 Å². The molecule has 122 valence electrons. The van der Waals surface area contributed by atoms with Crippen molar-refractivity contribution in [1.29, 1.82) is 0 Å². The molecule has 4 heteroatoms. The van der Waals surface area contributed by atoms with Crippen LogP contribution < -0.4 is 0 Å². The van der Waals surface area contributed by atoms with Crippen LogP contribution in [0.25, 0.3) is 0 Å². The summed E-state index contributed by atoms with van der Waals surface area (Å²) in [7, 11) is 0. The molecule has 0 saturated heterocycles. The molecule has 3 atom stereocenters. The molecule has 3 rings (SSSR count). The highest BCUT2D eigenvalue weighted by Gasteiger charge is 2.47.